The molecule has 0 N–H and O–H groups in total. The highest BCUT2D eigenvalue weighted by atomic mass is 35.5. The predicted octanol–water partition coefficient (Wildman–Crippen LogP) is 2.64. The molecule has 0 aromatic carbocycles. The monoisotopic (exact) mass is 304 g/mol. The highest BCUT2D eigenvalue weighted by Crippen LogP contribution is 2.12. The van der Waals surface area contributed by atoms with Gasteiger partial charge < -0.3 is 4.74 Å². The molecule has 0 saturated carbocycles. The fraction of sp³-hybridized carbons (Fsp3) is 0.400. The van der Waals surface area contributed by atoms with Gasteiger partial charge in [0.05, 0.1) is 6.20 Å². The quantitative estimate of drug-likeness (QED) is 0.608. The van der Waals surface area contributed by atoms with Crippen molar-refractivity contribution in [3.63, 3.8) is 0 Å². The minimum atomic E-state index is 0.361. The first-order valence-electron chi connectivity index (χ1n) is 6.83. The molecule has 6 heteroatoms. The maximum absolute atomic E-state index is 5.70. The number of ether oxygens (including phenoxy) is 1. The third kappa shape index (κ3) is 4.76. The summed E-state index contributed by atoms with van der Waals surface area (Å²) in [6.07, 6.45) is 6.57. The largest absolute Gasteiger partial charge is 0.484 e. The average Bonchev–Trinajstić information content (AvgIpc) is 2.94. The Morgan fingerprint density at radius 1 is 1.38 bits per heavy atom. The van der Waals surface area contributed by atoms with Crippen molar-refractivity contribution in [3.8, 4) is 17.6 Å². The van der Waals surface area contributed by atoms with Gasteiger partial charge in [0.1, 0.15) is 18.7 Å². The lowest BCUT2D eigenvalue weighted by molar-refractivity contribution is 0.285. The van der Waals surface area contributed by atoms with E-state index >= 15 is 0 Å². The molecule has 5 nitrogen and oxygen atoms in total. The van der Waals surface area contributed by atoms with Gasteiger partial charge in [0.2, 0.25) is 0 Å². The second-order valence-electron chi connectivity index (χ2n) is 4.34. The molecule has 0 amide bonds. The van der Waals surface area contributed by atoms with Gasteiger partial charge in [0.25, 0.3) is 0 Å². The summed E-state index contributed by atoms with van der Waals surface area (Å²) in [5, 5.41) is 4.16. The highest BCUT2D eigenvalue weighted by Gasteiger charge is 2.05. The number of rotatable bonds is 6. The van der Waals surface area contributed by atoms with E-state index in [0.717, 1.165) is 24.4 Å². The van der Waals surface area contributed by atoms with Gasteiger partial charge in [-0.1, -0.05) is 18.8 Å². The Kier molecular flexibility index (Phi) is 6.04. The standard InChI is InChI=1S/C15H17ClN4O/c1-2-7-20-15(18-12-19-20)11-21-14-8-13(9-17-10-14)5-3-4-6-16/h8-10,12H,2,4,6-7,11H2,1H3. The predicted molar refractivity (Wildman–Crippen MR) is 81.1 cm³/mol. The van der Waals surface area contributed by atoms with E-state index in [1.165, 1.54) is 0 Å². The van der Waals surface area contributed by atoms with E-state index in [1.54, 1.807) is 18.7 Å². The van der Waals surface area contributed by atoms with Crippen molar-refractivity contribution in [2.75, 3.05) is 5.88 Å². The number of pyridine rings is 1. The molecule has 2 rings (SSSR count). The van der Waals surface area contributed by atoms with Crippen LogP contribution in [0.3, 0.4) is 0 Å². The molecule has 2 aromatic heterocycles. The van der Waals surface area contributed by atoms with Crippen molar-refractivity contribution in [1.82, 2.24) is 19.7 Å². The van der Waals surface area contributed by atoms with Crippen LogP contribution in [0.2, 0.25) is 0 Å². The number of aryl methyl sites for hydroxylation is 1. The summed E-state index contributed by atoms with van der Waals surface area (Å²) in [6, 6.07) is 1.86. The topological polar surface area (TPSA) is 52.8 Å². The molecule has 0 fully saturated rings. The van der Waals surface area contributed by atoms with E-state index < -0.39 is 0 Å². The molecule has 0 aliphatic heterocycles. The minimum absolute atomic E-state index is 0.361. The van der Waals surface area contributed by atoms with Gasteiger partial charge in [0, 0.05) is 30.6 Å². The Hall–Kier alpha value is -2.06. The van der Waals surface area contributed by atoms with Gasteiger partial charge in [0.15, 0.2) is 5.82 Å². The smallest absolute Gasteiger partial charge is 0.164 e. The molecular weight excluding hydrogens is 288 g/mol. The van der Waals surface area contributed by atoms with Gasteiger partial charge >= 0.3 is 0 Å². The molecular formula is C15H17ClN4O. The summed E-state index contributed by atoms with van der Waals surface area (Å²) in [7, 11) is 0. The number of aromatic nitrogens is 4. The maximum atomic E-state index is 5.70. The van der Waals surface area contributed by atoms with Crippen LogP contribution >= 0.6 is 11.6 Å². The first kappa shape index (κ1) is 15.3. The molecule has 0 unspecified atom stereocenters. The summed E-state index contributed by atoms with van der Waals surface area (Å²) in [5.41, 5.74) is 0.813. The molecule has 0 bridgehead atoms. The second kappa shape index (κ2) is 8.28. The minimum Gasteiger partial charge on any atom is -0.484 e. The number of alkyl halides is 1. The van der Waals surface area contributed by atoms with Crippen molar-refractivity contribution < 1.29 is 4.74 Å². The van der Waals surface area contributed by atoms with Crippen LogP contribution in [0.4, 0.5) is 0 Å². The Labute approximate surface area is 129 Å². The third-order valence-electron chi connectivity index (χ3n) is 2.66. The van der Waals surface area contributed by atoms with Crippen LogP contribution < -0.4 is 4.74 Å². The van der Waals surface area contributed by atoms with Crippen molar-refractivity contribution in [1.29, 1.82) is 0 Å². The average molecular weight is 305 g/mol. The number of hydrogen-bond donors (Lipinski definition) is 0. The summed E-state index contributed by atoms with van der Waals surface area (Å²) in [6.45, 7) is 3.29. The van der Waals surface area contributed by atoms with Crippen molar-refractivity contribution in [2.24, 2.45) is 0 Å². The third-order valence-corrected chi connectivity index (χ3v) is 2.85. The van der Waals surface area contributed by atoms with Gasteiger partial charge in [-0.15, -0.1) is 11.6 Å². The van der Waals surface area contributed by atoms with Crippen molar-refractivity contribution >= 4 is 11.6 Å². The van der Waals surface area contributed by atoms with E-state index in [9.17, 15) is 0 Å². The van der Waals surface area contributed by atoms with Crippen LogP contribution in [0.25, 0.3) is 0 Å². The summed E-state index contributed by atoms with van der Waals surface area (Å²) in [4.78, 5) is 8.32. The first-order chi connectivity index (χ1) is 10.3. The molecule has 0 atom stereocenters. The van der Waals surface area contributed by atoms with Crippen LogP contribution in [-0.2, 0) is 13.2 Å². The Balaban J connectivity index is 1.98. The summed E-state index contributed by atoms with van der Waals surface area (Å²) < 4.78 is 7.55. The van der Waals surface area contributed by atoms with Crippen molar-refractivity contribution in [2.45, 2.75) is 32.9 Å². The van der Waals surface area contributed by atoms with Crippen LogP contribution in [0.5, 0.6) is 5.75 Å². The SMILES string of the molecule is CCCn1ncnc1COc1cncc(C#CCCCl)c1. The van der Waals surface area contributed by atoms with Gasteiger partial charge in [-0.25, -0.2) is 9.67 Å². The van der Waals surface area contributed by atoms with E-state index in [-0.39, 0.29) is 0 Å². The van der Waals surface area contributed by atoms with E-state index in [0.29, 0.717) is 24.7 Å². The Morgan fingerprint density at radius 3 is 3.10 bits per heavy atom. The lowest BCUT2D eigenvalue weighted by Crippen LogP contribution is -2.08. The van der Waals surface area contributed by atoms with Crippen LogP contribution in [0, 0.1) is 11.8 Å². The van der Waals surface area contributed by atoms with Gasteiger partial charge in [-0.05, 0) is 12.5 Å². The molecule has 0 aliphatic rings. The van der Waals surface area contributed by atoms with Crippen LogP contribution in [0.1, 0.15) is 31.2 Å². The maximum Gasteiger partial charge on any atom is 0.164 e. The Bertz CT molecular complexity index is 630. The van der Waals surface area contributed by atoms with Gasteiger partial charge in [-0.2, -0.15) is 5.10 Å². The fourth-order valence-corrected chi connectivity index (χ4v) is 1.82. The second-order valence-corrected chi connectivity index (χ2v) is 4.72. The first-order valence-corrected chi connectivity index (χ1v) is 7.36. The molecule has 0 spiro atoms. The molecule has 0 saturated heterocycles. The zero-order chi connectivity index (χ0) is 14.9. The number of hydrogen-bond acceptors (Lipinski definition) is 4. The molecule has 0 aliphatic carbocycles. The zero-order valence-electron chi connectivity index (χ0n) is 11.9. The Morgan fingerprint density at radius 2 is 2.29 bits per heavy atom. The van der Waals surface area contributed by atoms with Crippen LogP contribution in [-0.4, -0.2) is 25.6 Å². The molecule has 110 valence electrons. The number of nitrogens with zero attached hydrogens (tertiary/aromatic N) is 4. The molecule has 2 heterocycles. The molecule has 2 aromatic rings. The summed E-state index contributed by atoms with van der Waals surface area (Å²) in [5.74, 6) is 7.97. The molecule has 21 heavy (non-hydrogen) atoms. The fourth-order valence-electron chi connectivity index (χ4n) is 1.72. The lowest BCUT2D eigenvalue weighted by atomic mass is 10.2. The number of halogens is 1. The summed E-state index contributed by atoms with van der Waals surface area (Å²) >= 11 is 5.59. The van der Waals surface area contributed by atoms with Gasteiger partial charge in [-0.3, -0.25) is 4.98 Å². The van der Waals surface area contributed by atoms with Crippen LogP contribution in [0.15, 0.2) is 24.8 Å². The van der Waals surface area contributed by atoms with E-state index in [4.69, 9.17) is 16.3 Å². The highest BCUT2D eigenvalue weighted by molar-refractivity contribution is 6.18. The molecule has 0 radical (unpaired) electrons. The normalized spacial score (nSPS) is 10.0. The van der Waals surface area contributed by atoms with Crippen molar-refractivity contribution in [3.05, 3.63) is 36.2 Å². The van der Waals surface area contributed by atoms with E-state index in [2.05, 4.69) is 33.8 Å². The zero-order valence-corrected chi connectivity index (χ0v) is 12.7. The lowest BCUT2D eigenvalue weighted by Gasteiger charge is -2.07. The van der Waals surface area contributed by atoms with E-state index in [1.807, 2.05) is 10.7 Å².